The maximum absolute atomic E-state index is 11.2. The van der Waals surface area contributed by atoms with Crippen LogP contribution in [0.1, 0.15) is 6.92 Å². The predicted octanol–water partition coefficient (Wildman–Crippen LogP) is 2.19. The standard InChI is InChI=1S/C11H10ClN3O2/c1-2-17-11(16)10(7-13)15-14-9-5-3-8(12)4-6-9/h3-6,14H,2H2,1H3. The van der Waals surface area contributed by atoms with Gasteiger partial charge >= 0.3 is 5.97 Å². The average molecular weight is 252 g/mol. The third-order valence-electron chi connectivity index (χ3n) is 1.72. The van der Waals surface area contributed by atoms with E-state index < -0.39 is 5.97 Å². The highest BCUT2D eigenvalue weighted by Crippen LogP contribution is 2.13. The zero-order valence-electron chi connectivity index (χ0n) is 9.11. The number of nitrogens with zero attached hydrogens (tertiary/aromatic N) is 2. The summed E-state index contributed by atoms with van der Waals surface area (Å²) in [5, 5.41) is 12.9. The molecule has 0 saturated carbocycles. The molecular formula is C11H10ClN3O2. The Morgan fingerprint density at radius 3 is 2.71 bits per heavy atom. The Hall–Kier alpha value is -2.06. The molecule has 1 aromatic carbocycles. The fraction of sp³-hybridized carbons (Fsp3) is 0.182. The summed E-state index contributed by atoms with van der Waals surface area (Å²) in [4.78, 5) is 11.2. The van der Waals surface area contributed by atoms with Gasteiger partial charge in [-0.3, -0.25) is 5.43 Å². The van der Waals surface area contributed by atoms with E-state index in [1.165, 1.54) is 0 Å². The lowest BCUT2D eigenvalue weighted by atomic mass is 10.3. The maximum atomic E-state index is 11.2. The molecule has 0 radical (unpaired) electrons. The molecule has 0 spiro atoms. The predicted molar refractivity (Wildman–Crippen MR) is 64.8 cm³/mol. The Labute approximate surface area is 104 Å². The van der Waals surface area contributed by atoms with Gasteiger partial charge in [-0.1, -0.05) is 11.6 Å². The first-order valence-corrected chi connectivity index (χ1v) is 5.21. The van der Waals surface area contributed by atoms with Crippen LogP contribution in [0.15, 0.2) is 29.4 Å². The number of anilines is 1. The number of carbonyl (C=O) groups excluding carboxylic acids is 1. The summed E-state index contributed by atoms with van der Waals surface area (Å²) in [5.74, 6) is -0.753. The number of rotatable bonds is 4. The second-order valence-electron chi connectivity index (χ2n) is 2.91. The van der Waals surface area contributed by atoms with Crippen molar-refractivity contribution >= 4 is 29.0 Å². The van der Waals surface area contributed by atoms with Crippen molar-refractivity contribution in [2.45, 2.75) is 6.92 Å². The lowest BCUT2D eigenvalue weighted by Gasteiger charge is -2.01. The van der Waals surface area contributed by atoms with Crippen molar-refractivity contribution < 1.29 is 9.53 Å². The lowest BCUT2D eigenvalue weighted by molar-refractivity contribution is -0.134. The van der Waals surface area contributed by atoms with E-state index in [2.05, 4.69) is 15.3 Å². The Morgan fingerprint density at radius 2 is 2.18 bits per heavy atom. The van der Waals surface area contributed by atoms with E-state index >= 15 is 0 Å². The summed E-state index contributed by atoms with van der Waals surface area (Å²) >= 11 is 5.70. The molecule has 6 heteroatoms. The Bertz CT molecular complexity index is 463. The number of hydrogen-bond acceptors (Lipinski definition) is 5. The molecule has 0 unspecified atom stereocenters. The van der Waals surface area contributed by atoms with Gasteiger partial charge < -0.3 is 4.74 Å². The van der Waals surface area contributed by atoms with Gasteiger partial charge in [0.2, 0.25) is 5.71 Å². The summed E-state index contributed by atoms with van der Waals surface area (Å²) in [7, 11) is 0. The van der Waals surface area contributed by atoms with Gasteiger partial charge in [0.1, 0.15) is 6.07 Å². The fourth-order valence-corrected chi connectivity index (χ4v) is 1.09. The number of nitrogens with one attached hydrogen (secondary N) is 1. The number of ether oxygens (including phenoxy) is 1. The minimum Gasteiger partial charge on any atom is -0.461 e. The highest BCUT2D eigenvalue weighted by Gasteiger charge is 2.11. The van der Waals surface area contributed by atoms with Crippen LogP contribution in [-0.2, 0) is 9.53 Å². The van der Waals surface area contributed by atoms with Crippen LogP contribution in [0.3, 0.4) is 0 Å². The summed E-state index contributed by atoms with van der Waals surface area (Å²) < 4.78 is 4.65. The molecule has 5 nitrogen and oxygen atoms in total. The van der Waals surface area contributed by atoms with Gasteiger partial charge in [0.05, 0.1) is 12.3 Å². The molecule has 0 aromatic heterocycles. The van der Waals surface area contributed by atoms with Crippen molar-refractivity contribution in [3.63, 3.8) is 0 Å². The molecular weight excluding hydrogens is 242 g/mol. The Morgan fingerprint density at radius 1 is 1.53 bits per heavy atom. The van der Waals surface area contributed by atoms with Crippen LogP contribution in [0.2, 0.25) is 5.02 Å². The van der Waals surface area contributed by atoms with Gasteiger partial charge in [0.15, 0.2) is 0 Å². The summed E-state index contributed by atoms with van der Waals surface area (Å²) in [6.07, 6.45) is 0. The average Bonchev–Trinajstić information content (AvgIpc) is 2.32. The highest BCUT2D eigenvalue weighted by molar-refractivity contribution is 6.43. The van der Waals surface area contributed by atoms with E-state index in [1.54, 1.807) is 37.3 Å². The highest BCUT2D eigenvalue weighted by atomic mass is 35.5. The first-order valence-electron chi connectivity index (χ1n) is 4.84. The molecule has 0 fully saturated rings. The number of nitriles is 1. The molecule has 0 heterocycles. The van der Waals surface area contributed by atoms with E-state index in [0.29, 0.717) is 10.7 Å². The Kier molecular flexibility index (Phi) is 4.98. The van der Waals surface area contributed by atoms with Crippen molar-refractivity contribution in [2.24, 2.45) is 5.10 Å². The molecule has 0 aliphatic heterocycles. The zero-order chi connectivity index (χ0) is 12.7. The summed E-state index contributed by atoms with van der Waals surface area (Å²) in [6, 6.07) is 8.33. The molecule has 17 heavy (non-hydrogen) atoms. The number of benzene rings is 1. The lowest BCUT2D eigenvalue weighted by Crippen LogP contribution is -2.17. The number of carbonyl (C=O) groups is 1. The van der Waals surface area contributed by atoms with Crippen LogP contribution in [0.4, 0.5) is 5.69 Å². The van der Waals surface area contributed by atoms with Crippen molar-refractivity contribution in [2.75, 3.05) is 12.0 Å². The number of halogens is 1. The van der Waals surface area contributed by atoms with Gasteiger partial charge in [0.25, 0.3) is 0 Å². The normalized spacial score (nSPS) is 10.5. The minimum atomic E-state index is -0.753. The van der Waals surface area contributed by atoms with E-state index in [4.69, 9.17) is 16.9 Å². The molecule has 0 saturated heterocycles. The Balaban J connectivity index is 2.71. The first-order chi connectivity index (χ1) is 8.17. The SMILES string of the molecule is CCOC(=O)C(C#N)=NNc1ccc(Cl)cc1. The van der Waals surface area contributed by atoms with E-state index in [0.717, 1.165) is 0 Å². The van der Waals surface area contributed by atoms with Crippen molar-refractivity contribution in [1.29, 1.82) is 5.26 Å². The smallest absolute Gasteiger partial charge is 0.369 e. The first kappa shape index (κ1) is 13.0. The molecule has 88 valence electrons. The van der Waals surface area contributed by atoms with Gasteiger partial charge in [-0.15, -0.1) is 0 Å². The molecule has 0 aliphatic rings. The molecule has 0 atom stereocenters. The summed E-state index contributed by atoms with van der Waals surface area (Å²) in [5.41, 5.74) is 2.85. The second kappa shape index (κ2) is 6.51. The third-order valence-corrected chi connectivity index (χ3v) is 1.97. The van der Waals surface area contributed by atoms with Crippen LogP contribution < -0.4 is 5.43 Å². The van der Waals surface area contributed by atoms with E-state index in [1.807, 2.05) is 0 Å². The third kappa shape index (κ3) is 4.13. The number of esters is 1. The molecule has 1 N–H and O–H groups in total. The number of hydrazone groups is 1. The van der Waals surface area contributed by atoms with Crippen LogP contribution in [-0.4, -0.2) is 18.3 Å². The van der Waals surface area contributed by atoms with Gasteiger partial charge in [-0.2, -0.15) is 10.4 Å². The number of hydrogen-bond donors (Lipinski definition) is 1. The zero-order valence-corrected chi connectivity index (χ0v) is 9.86. The van der Waals surface area contributed by atoms with Gasteiger partial charge in [0, 0.05) is 5.02 Å². The topological polar surface area (TPSA) is 74.5 Å². The molecule has 0 amide bonds. The fourth-order valence-electron chi connectivity index (χ4n) is 0.961. The van der Waals surface area contributed by atoms with E-state index in [-0.39, 0.29) is 12.3 Å². The quantitative estimate of drug-likeness (QED) is 0.506. The molecule has 1 aromatic rings. The van der Waals surface area contributed by atoms with Crippen LogP contribution in [0, 0.1) is 11.3 Å². The van der Waals surface area contributed by atoms with Crippen LogP contribution in [0.25, 0.3) is 0 Å². The second-order valence-corrected chi connectivity index (χ2v) is 3.35. The van der Waals surface area contributed by atoms with Crippen molar-refractivity contribution in [1.82, 2.24) is 0 Å². The van der Waals surface area contributed by atoms with Crippen LogP contribution >= 0.6 is 11.6 Å². The van der Waals surface area contributed by atoms with Gasteiger partial charge in [-0.05, 0) is 31.2 Å². The van der Waals surface area contributed by atoms with Crippen LogP contribution in [0.5, 0.6) is 0 Å². The molecule has 1 rings (SSSR count). The van der Waals surface area contributed by atoms with Crippen molar-refractivity contribution in [3.05, 3.63) is 29.3 Å². The summed E-state index contributed by atoms with van der Waals surface area (Å²) in [6.45, 7) is 1.85. The monoisotopic (exact) mass is 251 g/mol. The van der Waals surface area contributed by atoms with Crippen molar-refractivity contribution in [3.8, 4) is 6.07 Å². The largest absolute Gasteiger partial charge is 0.461 e. The minimum absolute atomic E-state index is 0.195. The van der Waals surface area contributed by atoms with E-state index in [9.17, 15) is 4.79 Å². The van der Waals surface area contributed by atoms with Gasteiger partial charge in [-0.25, -0.2) is 4.79 Å². The molecule has 0 aliphatic carbocycles. The maximum Gasteiger partial charge on any atom is 0.369 e. The molecule has 0 bridgehead atoms.